The van der Waals surface area contributed by atoms with Crippen LogP contribution < -0.4 is 11.1 Å². The van der Waals surface area contributed by atoms with E-state index < -0.39 is 0 Å². The number of nitrogens with two attached hydrogens (primary N) is 1. The number of nitrogens with zero attached hydrogens (tertiary/aromatic N) is 2. The van der Waals surface area contributed by atoms with Crippen molar-refractivity contribution >= 4 is 34.1 Å². The van der Waals surface area contributed by atoms with Crippen LogP contribution in [0.2, 0.25) is 0 Å². The van der Waals surface area contributed by atoms with Crippen molar-refractivity contribution in [3.8, 4) is 0 Å². The van der Waals surface area contributed by atoms with Gasteiger partial charge in [-0.15, -0.1) is 0 Å². The van der Waals surface area contributed by atoms with E-state index in [0.29, 0.717) is 5.13 Å². The second-order valence-corrected chi connectivity index (χ2v) is 7.76. The summed E-state index contributed by atoms with van der Waals surface area (Å²) in [7, 11) is 0. The number of nitrogens with one attached hydrogen (secondary N) is 1. The third-order valence-corrected chi connectivity index (χ3v) is 5.75. The molecule has 0 aliphatic carbocycles. The third-order valence-electron chi connectivity index (χ3n) is 3.85. The number of hydrogen-bond donors (Lipinski definition) is 3. The van der Waals surface area contributed by atoms with E-state index in [0.717, 1.165) is 35.0 Å². The standard InChI is InChI=1S/C17H22N4OS2/c1-2-13(10-22)19-14-8-21(9-15-16(14)20-17(18)24-15)23-11-12-6-4-3-5-7-12/h3-8,13,19,22H,2,9-11H2,1H3,(H2,18,20). The lowest BCUT2D eigenvalue weighted by Gasteiger charge is -2.27. The molecule has 1 aromatic heterocycles. The Balaban J connectivity index is 1.75. The Labute approximate surface area is 150 Å². The number of thiazole rings is 1. The molecule has 128 valence electrons. The number of fused-ring (bicyclic) bond motifs is 1. The molecular formula is C17H22N4OS2. The Hall–Kier alpha value is -1.70. The van der Waals surface area contributed by atoms with Gasteiger partial charge in [-0.3, -0.25) is 0 Å². The summed E-state index contributed by atoms with van der Waals surface area (Å²) in [5, 5.41) is 13.5. The van der Waals surface area contributed by atoms with Gasteiger partial charge in [0.05, 0.1) is 23.7 Å². The van der Waals surface area contributed by atoms with Crippen molar-refractivity contribution in [3.05, 3.63) is 52.7 Å². The maximum absolute atomic E-state index is 9.48. The van der Waals surface area contributed by atoms with Crippen molar-refractivity contribution in [2.45, 2.75) is 31.7 Å². The van der Waals surface area contributed by atoms with Gasteiger partial charge in [-0.25, -0.2) is 4.98 Å². The zero-order chi connectivity index (χ0) is 16.9. The number of benzene rings is 1. The first kappa shape index (κ1) is 17.1. The Morgan fingerprint density at radius 2 is 2.21 bits per heavy atom. The van der Waals surface area contributed by atoms with E-state index in [-0.39, 0.29) is 12.6 Å². The topological polar surface area (TPSA) is 74.4 Å². The minimum atomic E-state index is 0.0195. The molecule has 0 saturated carbocycles. The lowest BCUT2D eigenvalue weighted by Crippen LogP contribution is -2.33. The highest BCUT2D eigenvalue weighted by Gasteiger charge is 2.23. The van der Waals surface area contributed by atoms with Crippen LogP contribution in [0.5, 0.6) is 0 Å². The van der Waals surface area contributed by atoms with Gasteiger partial charge in [0, 0.05) is 18.0 Å². The van der Waals surface area contributed by atoms with Crippen LogP contribution in [0.4, 0.5) is 5.13 Å². The molecule has 24 heavy (non-hydrogen) atoms. The van der Waals surface area contributed by atoms with Gasteiger partial charge in [0.1, 0.15) is 5.69 Å². The summed E-state index contributed by atoms with van der Waals surface area (Å²) in [6.07, 6.45) is 2.92. The van der Waals surface area contributed by atoms with Crippen LogP contribution in [-0.2, 0) is 12.3 Å². The van der Waals surface area contributed by atoms with E-state index >= 15 is 0 Å². The van der Waals surface area contributed by atoms with E-state index in [1.54, 1.807) is 11.9 Å². The first-order valence-corrected chi connectivity index (χ1v) is 9.73. The normalized spacial score (nSPS) is 14.9. The minimum absolute atomic E-state index is 0.0195. The first-order chi connectivity index (χ1) is 11.7. The molecule has 0 amide bonds. The third kappa shape index (κ3) is 4.03. The summed E-state index contributed by atoms with van der Waals surface area (Å²) >= 11 is 3.29. The van der Waals surface area contributed by atoms with Gasteiger partial charge < -0.3 is 20.5 Å². The summed E-state index contributed by atoms with van der Waals surface area (Å²) in [5.74, 6) is 0.908. The molecular weight excluding hydrogens is 340 g/mol. The molecule has 1 aromatic carbocycles. The predicted octanol–water partition coefficient (Wildman–Crippen LogP) is 3.05. The smallest absolute Gasteiger partial charge is 0.180 e. The van der Waals surface area contributed by atoms with Gasteiger partial charge in [-0.1, -0.05) is 48.6 Å². The van der Waals surface area contributed by atoms with E-state index in [2.05, 4.69) is 52.0 Å². The van der Waals surface area contributed by atoms with Gasteiger partial charge >= 0.3 is 0 Å². The monoisotopic (exact) mass is 362 g/mol. The molecule has 1 aliphatic rings. The van der Waals surface area contributed by atoms with Crippen LogP contribution in [-0.4, -0.2) is 27.0 Å². The number of rotatable bonds is 7. The van der Waals surface area contributed by atoms with Crippen molar-refractivity contribution in [2.24, 2.45) is 0 Å². The Kier molecular flexibility index (Phi) is 5.65. The van der Waals surface area contributed by atoms with Gasteiger partial charge in [-0.2, -0.15) is 0 Å². The maximum Gasteiger partial charge on any atom is 0.180 e. The summed E-state index contributed by atoms with van der Waals surface area (Å²) < 4.78 is 2.21. The molecule has 0 saturated heterocycles. The van der Waals surface area contributed by atoms with Gasteiger partial charge in [0.25, 0.3) is 0 Å². The average Bonchev–Trinajstić information content (AvgIpc) is 2.99. The van der Waals surface area contributed by atoms with Gasteiger partial charge in [0.15, 0.2) is 5.13 Å². The van der Waals surface area contributed by atoms with Crippen LogP contribution in [0, 0.1) is 0 Å². The quantitative estimate of drug-likeness (QED) is 0.658. The molecule has 2 heterocycles. The number of aliphatic hydroxyl groups excluding tert-OH is 1. The van der Waals surface area contributed by atoms with E-state index in [9.17, 15) is 5.11 Å². The lowest BCUT2D eigenvalue weighted by molar-refractivity contribution is 0.250. The number of hydrogen-bond acceptors (Lipinski definition) is 7. The highest BCUT2D eigenvalue weighted by atomic mass is 32.2. The Bertz CT molecular complexity index is 698. The first-order valence-electron chi connectivity index (χ1n) is 7.97. The fourth-order valence-electron chi connectivity index (χ4n) is 2.50. The number of aliphatic hydroxyl groups is 1. The van der Waals surface area contributed by atoms with Crippen molar-refractivity contribution < 1.29 is 5.11 Å². The Morgan fingerprint density at radius 3 is 2.92 bits per heavy atom. The molecule has 1 unspecified atom stereocenters. The van der Waals surface area contributed by atoms with Crippen LogP contribution >= 0.6 is 23.3 Å². The largest absolute Gasteiger partial charge is 0.394 e. The maximum atomic E-state index is 9.48. The summed E-state index contributed by atoms with van der Waals surface area (Å²) in [6, 6.07) is 10.4. The van der Waals surface area contributed by atoms with E-state index in [1.165, 1.54) is 16.9 Å². The van der Waals surface area contributed by atoms with Crippen LogP contribution in [0.1, 0.15) is 29.5 Å². The van der Waals surface area contributed by atoms with Crippen LogP contribution in [0.3, 0.4) is 0 Å². The average molecular weight is 363 g/mol. The molecule has 0 bridgehead atoms. The minimum Gasteiger partial charge on any atom is -0.394 e. The molecule has 4 N–H and O–H groups in total. The highest BCUT2D eigenvalue weighted by Crippen LogP contribution is 2.34. The molecule has 0 spiro atoms. The van der Waals surface area contributed by atoms with Gasteiger partial charge in [0.2, 0.25) is 0 Å². The van der Waals surface area contributed by atoms with E-state index in [4.69, 9.17) is 5.73 Å². The fourth-order valence-corrected chi connectivity index (χ4v) is 4.33. The van der Waals surface area contributed by atoms with Crippen molar-refractivity contribution in [1.29, 1.82) is 0 Å². The number of nitrogen functional groups attached to an aromatic ring is 1. The van der Waals surface area contributed by atoms with Crippen LogP contribution in [0.15, 0.2) is 36.5 Å². The molecule has 5 nitrogen and oxygen atoms in total. The second kappa shape index (κ2) is 7.92. The lowest BCUT2D eigenvalue weighted by atomic mass is 10.2. The molecule has 3 rings (SSSR count). The highest BCUT2D eigenvalue weighted by molar-refractivity contribution is 7.96. The number of anilines is 1. The van der Waals surface area contributed by atoms with Crippen molar-refractivity contribution in [2.75, 3.05) is 12.3 Å². The predicted molar refractivity (Wildman–Crippen MR) is 102 cm³/mol. The number of aromatic nitrogens is 1. The SMILES string of the molecule is CCC(CO)NC1=CN(SCc2ccccc2)Cc2sc(N)nc21. The summed E-state index contributed by atoms with van der Waals surface area (Å²) in [4.78, 5) is 5.61. The zero-order valence-electron chi connectivity index (χ0n) is 13.6. The zero-order valence-corrected chi connectivity index (χ0v) is 15.2. The molecule has 7 heteroatoms. The summed E-state index contributed by atoms with van der Waals surface area (Å²) in [6.45, 7) is 2.94. The molecule has 0 fully saturated rings. The fraction of sp³-hybridized carbons (Fsp3) is 0.353. The summed E-state index contributed by atoms with van der Waals surface area (Å²) in [5.41, 5.74) is 9.05. The molecule has 1 atom stereocenters. The van der Waals surface area contributed by atoms with Crippen molar-refractivity contribution in [3.63, 3.8) is 0 Å². The molecule has 2 aromatic rings. The molecule has 1 aliphatic heterocycles. The van der Waals surface area contributed by atoms with Crippen molar-refractivity contribution in [1.82, 2.24) is 14.6 Å². The van der Waals surface area contributed by atoms with Gasteiger partial charge in [-0.05, 0) is 23.9 Å². The van der Waals surface area contributed by atoms with Crippen LogP contribution in [0.25, 0.3) is 5.70 Å². The second-order valence-electron chi connectivity index (χ2n) is 5.63. The Morgan fingerprint density at radius 1 is 1.42 bits per heavy atom. The molecule has 0 radical (unpaired) electrons. The van der Waals surface area contributed by atoms with E-state index in [1.807, 2.05) is 6.07 Å².